The Kier molecular flexibility index (Phi) is 5.02. The molecule has 1 atom stereocenters. The molecule has 0 bridgehead atoms. The van der Waals surface area contributed by atoms with Gasteiger partial charge in [-0.05, 0) is 32.4 Å². The van der Waals surface area contributed by atoms with E-state index in [2.05, 4.69) is 5.32 Å². The van der Waals surface area contributed by atoms with Gasteiger partial charge in [0, 0.05) is 13.1 Å². The fourth-order valence-electron chi connectivity index (χ4n) is 1.96. The minimum absolute atomic E-state index is 0.315. The summed E-state index contributed by atoms with van der Waals surface area (Å²) >= 11 is 0. The Balaban J connectivity index is 2.45. The number of hydrogen-bond acceptors (Lipinski definition) is 3. The zero-order chi connectivity index (χ0) is 11.3. The van der Waals surface area contributed by atoms with Crippen LogP contribution in [0.4, 0.5) is 0 Å². The zero-order valence-electron chi connectivity index (χ0n) is 9.70. The first-order chi connectivity index (χ1) is 7.10. The number of sulfonamides is 1. The van der Waals surface area contributed by atoms with Gasteiger partial charge in [-0.3, -0.25) is 0 Å². The van der Waals surface area contributed by atoms with Crippen LogP contribution >= 0.6 is 0 Å². The Morgan fingerprint density at radius 3 is 2.80 bits per heavy atom. The van der Waals surface area contributed by atoms with Crippen LogP contribution in [0.3, 0.4) is 0 Å². The third-order valence-corrected chi connectivity index (χ3v) is 4.81. The van der Waals surface area contributed by atoms with Crippen molar-refractivity contribution in [1.29, 1.82) is 0 Å². The van der Waals surface area contributed by atoms with Gasteiger partial charge in [0.05, 0.1) is 5.75 Å². The predicted molar refractivity (Wildman–Crippen MR) is 62.3 cm³/mol. The van der Waals surface area contributed by atoms with E-state index in [1.165, 1.54) is 0 Å². The molecule has 1 N–H and O–H groups in total. The van der Waals surface area contributed by atoms with Crippen LogP contribution < -0.4 is 5.32 Å². The molecule has 15 heavy (non-hydrogen) atoms. The summed E-state index contributed by atoms with van der Waals surface area (Å²) in [6.45, 7) is 4.34. The first kappa shape index (κ1) is 12.9. The van der Waals surface area contributed by atoms with Crippen molar-refractivity contribution in [2.24, 2.45) is 5.92 Å². The molecule has 1 aliphatic heterocycles. The molecule has 0 radical (unpaired) electrons. The highest BCUT2D eigenvalue weighted by Crippen LogP contribution is 2.19. The maximum atomic E-state index is 11.8. The quantitative estimate of drug-likeness (QED) is 0.734. The topological polar surface area (TPSA) is 49.4 Å². The van der Waals surface area contributed by atoms with Crippen molar-refractivity contribution in [3.63, 3.8) is 0 Å². The number of rotatable bonds is 6. The fraction of sp³-hybridized carbons (Fsp3) is 1.00. The molecule has 1 aliphatic rings. The molecule has 0 spiro atoms. The second-order valence-electron chi connectivity index (χ2n) is 4.24. The molecule has 1 heterocycles. The van der Waals surface area contributed by atoms with Crippen LogP contribution in [0.1, 0.15) is 26.2 Å². The van der Waals surface area contributed by atoms with Gasteiger partial charge < -0.3 is 5.32 Å². The first-order valence-corrected chi connectivity index (χ1v) is 7.33. The maximum Gasteiger partial charge on any atom is 0.214 e. The van der Waals surface area contributed by atoms with Gasteiger partial charge in [0.25, 0.3) is 0 Å². The fourth-order valence-corrected chi connectivity index (χ4v) is 3.69. The van der Waals surface area contributed by atoms with E-state index in [1.807, 2.05) is 14.0 Å². The molecule has 0 aromatic heterocycles. The minimum Gasteiger partial charge on any atom is -0.319 e. The van der Waals surface area contributed by atoms with Crippen molar-refractivity contribution < 1.29 is 8.42 Å². The van der Waals surface area contributed by atoms with Crippen LogP contribution in [-0.2, 0) is 10.0 Å². The Hall–Kier alpha value is -0.130. The molecule has 90 valence electrons. The zero-order valence-corrected chi connectivity index (χ0v) is 10.5. The maximum absolute atomic E-state index is 11.8. The highest BCUT2D eigenvalue weighted by molar-refractivity contribution is 7.89. The number of unbranched alkanes of at least 4 members (excludes halogenated alkanes) is 1. The summed E-state index contributed by atoms with van der Waals surface area (Å²) in [6, 6.07) is 0. The molecule has 0 saturated carbocycles. The van der Waals surface area contributed by atoms with Gasteiger partial charge in [0.2, 0.25) is 10.0 Å². The van der Waals surface area contributed by atoms with E-state index < -0.39 is 10.0 Å². The highest BCUT2D eigenvalue weighted by atomic mass is 32.2. The average molecular weight is 234 g/mol. The Morgan fingerprint density at radius 2 is 2.20 bits per heavy atom. The van der Waals surface area contributed by atoms with Crippen molar-refractivity contribution in [2.45, 2.75) is 26.2 Å². The normalized spacial score (nSPS) is 23.5. The van der Waals surface area contributed by atoms with Crippen molar-refractivity contribution in [2.75, 3.05) is 32.4 Å². The molecule has 0 aromatic carbocycles. The minimum atomic E-state index is -2.97. The van der Waals surface area contributed by atoms with E-state index in [-0.39, 0.29) is 0 Å². The largest absolute Gasteiger partial charge is 0.319 e. The van der Waals surface area contributed by atoms with Crippen LogP contribution in [0.15, 0.2) is 0 Å². The Labute approximate surface area is 93.1 Å². The lowest BCUT2D eigenvalue weighted by molar-refractivity contribution is 0.450. The first-order valence-electron chi connectivity index (χ1n) is 5.72. The molecule has 0 aliphatic carbocycles. The van der Waals surface area contributed by atoms with Gasteiger partial charge in [-0.25, -0.2) is 12.7 Å². The van der Waals surface area contributed by atoms with Gasteiger partial charge >= 0.3 is 0 Å². The summed E-state index contributed by atoms with van der Waals surface area (Å²) in [5.74, 6) is 0.807. The predicted octanol–water partition coefficient (Wildman–Crippen LogP) is 0.658. The lowest BCUT2D eigenvalue weighted by Crippen LogP contribution is -2.32. The smallest absolute Gasteiger partial charge is 0.214 e. The summed E-state index contributed by atoms with van der Waals surface area (Å²) in [5, 5.41) is 3.10. The summed E-state index contributed by atoms with van der Waals surface area (Å²) < 4.78 is 25.4. The summed E-state index contributed by atoms with van der Waals surface area (Å²) in [5.41, 5.74) is 0. The molecule has 4 nitrogen and oxygen atoms in total. The van der Waals surface area contributed by atoms with Crippen molar-refractivity contribution in [3.05, 3.63) is 0 Å². The molecule has 0 aromatic rings. The Bertz CT molecular complexity index is 277. The van der Waals surface area contributed by atoms with E-state index in [0.29, 0.717) is 24.8 Å². The summed E-state index contributed by atoms with van der Waals surface area (Å²) in [6.07, 6.45) is 2.70. The van der Waals surface area contributed by atoms with Crippen LogP contribution in [-0.4, -0.2) is 45.2 Å². The van der Waals surface area contributed by atoms with Crippen LogP contribution in [0.5, 0.6) is 0 Å². The standard InChI is InChI=1S/C10H22N2O2S/c1-3-4-7-15(13,14)12-6-5-10(9-12)8-11-2/h10-11H,3-9H2,1-2H3. The van der Waals surface area contributed by atoms with Crippen molar-refractivity contribution in [3.8, 4) is 0 Å². The van der Waals surface area contributed by atoms with Gasteiger partial charge in [0.1, 0.15) is 0 Å². The van der Waals surface area contributed by atoms with Crippen molar-refractivity contribution >= 4 is 10.0 Å². The lowest BCUT2D eigenvalue weighted by Gasteiger charge is -2.16. The van der Waals surface area contributed by atoms with Crippen LogP contribution in [0.25, 0.3) is 0 Å². The summed E-state index contributed by atoms with van der Waals surface area (Å²) in [7, 11) is -1.06. The second-order valence-corrected chi connectivity index (χ2v) is 6.33. The van der Waals surface area contributed by atoms with Crippen LogP contribution in [0, 0.1) is 5.92 Å². The average Bonchev–Trinajstić information content (AvgIpc) is 2.65. The molecule has 1 fully saturated rings. The molecular formula is C10H22N2O2S. The molecule has 1 saturated heterocycles. The van der Waals surface area contributed by atoms with Gasteiger partial charge in [-0.15, -0.1) is 0 Å². The van der Waals surface area contributed by atoms with Gasteiger partial charge in [-0.1, -0.05) is 13.3 Å². The second kappa shape index (κ2) is 5.82. The van der Waals surface area contributed by atoms with E-state index in [1.54, 1.807) is 4.31 Å². The molecule has 1 rings (SSSR count). The van der Waals surface area contributed by atoms with E-state index >= 15 is 0 Å². The third kappa shape index (κ3) is 3.74. The van der Waals surface area contributed by atoms with Gasteiger partial charge in [-0.2, -0.15) is 0 Å². The number of nitrogens with zero attached hydrogens (tertiary/aromatic N) is 1. The SMILES string of the molecule is CCCCS(=O)(=O)N1CCC(CNC)C1. The monoisotopic (exact) mass is 234 g/mol. The lowest BCUT2D eigenvalue weighted by atomic mass is 10.1. The number of hydrogen-bond donors (Lipinski definition) is 1. The summed E-state index contributed by atoms with van der Waals surface area (Å²) in [4.78, 5) is 0. The number of nitrogens with one attached hydrogen (secondary N) is 1. The molecule has 5 heteroatoms. The van der Waals surface area contributed by atoms with E-state index in [4.69, 9.17) is 0 Å². The van der Waals surface area contributed by atoms with E-state index in [0.717, 1.165) is 25.8 Å². The van der Waals surface area contributed by atoms with E-state index in [9.17, 15) is 8.42 Å². The van der Waals surface area contributed by atoms with Crippen LogP contribution in [0.2, 0.25) is 0 Å². The third-order valence-electron chi connectivity index (χ3n) is 2.89. The molecule has 1 unspecified atom stereocenters. The molecule has 0 amide bonds. The van der Waals surface area contributed by atoms with Gasteiger partial charge in [0.15, 0.2) is 0 Å². The van der Waals surface area contributed by atoms with Crippen molar-refractivity contribution in [1.82, 2.24) is 9.62 Å². The highest BCUT2D eigenvalue weighted by Gasteiger charge is 2.30. The Morgan fingerprint density at radius 1 is 1.47 bits per heavy atom. The molecular weight excluding hydrogens is 212 g/mol.